The molecule has 14 heavy (non-hydrogen) atoms. The lowest BCUT2D eigenvalue weighted by atomic mass is 10.0. The Hall–Kier alpha value is -0.770. The molecule has 4 heteroatoms. The number of hydrogen-bond donors (Lipinski definition) is 1. The summed E-state index contributed by atoms with van der Waals surface area (Å²) in [4.78, 5) is 13.4. The fourth-order valence-electron chi connectivity index (χ4n) is 2.61. The Morgan fingerprint density at radius 3 is 3.07 bits per heavy atom. The molecule has 0 aromatic carbocycles. The van der Waals surface area contributed by atoms with Gasteiger partial charge in [-0.05, 0) is 32.7 Å². The number of nitrogens with zero attached hydrogens (tertiary/aromatic N) is 1. The van der Waals surface area contributed by atoms with E-state index in [9.17, 15) is 4.79 Å². The van der Waals surface area contributed by atoms with Gasteiger partial charge in [0.05, 0.1) is 6.61 Å². The quantitative estimate of drug-likeness (QED) is 0.678. The Morgan fingerprint density at radius 2 is 2.43 bits per heavy atom. The number of fused-ring (bicyclic) bond motifs is 1. The molecule has 2 aliphatic rings. The summed E-state index contributed by atoms with van der Waals surface area (Å²) in [6, 6.07) is 0.765. The topological polar surface area (TPSA) is 41.6 Å². The number of nitrogens with one attached hydrogen (secondary N) is 1. The van der Waals surface area contributed by atoms with E-state index in [-0.39, 0.29) is 12.1 Å². The number of hydrogen-bond acceptors (Lipinski definition) is 3. The molecule has 3 unspecified atom stereocenters. The highest BCUT2D eigenvalue weighted by Crippen LogP contribution is 2.30. The van der Waals surface area contributed by atoms with Crippen molar-refractivity contribution < 1.29 is 9.53 Å². The highest BCUT2D eigenvalue weighted by molar-refractivity contribution is 5.68. The molecule has 2 rings (SSSR count). The van der Waals surface area contributed by atoms with E-state index < -0.39 is 0 Å². The maximum absolute atomic E-state index is 11.6. The second-order valence-corrected chi connectivity index (χ2v) is 4.12. The van der Waals surface area contributed by atoms with Gasteiger partial charge in [-0.3, -0.25) is 0 Å². The molecule has 2 fully saturated rings. The Morgan fingerprint density at radius 1 is 1.64 bits per heavy atom. The molecular weight excluding hydrogens is 180 g/mol. The predicted molar refractivity (Wildman–Crippen MR) is 53.1 cm³/mol. The summed E-state index contributed by atoms with van der Waals surface area (Å²) in [7, 11) is 0. The zero-order valence-corrected chi connectivity index (χ0v) is 8.82. The van der Waals surface area contributed by atoms with Crippen molar-refractivity contribution in [1.82, 2.24) is 10.2 Å². The molecule has 0 aromatic rings. The number of carbonyl (C=O) groups excluding carboxylic acids is 1. The van der Waals surface area contributed by atoms with Crippen LogP contribution in [0.1, 0.15) is 20.3 Å². The third-order valence-electron chi connectivity index (χ3n) is 3.35. The number of rotatable bonds is 1. The van der Waals surface area contributed by atoms with E-state index in [1.807, 2.05) is 11.8 Å². The molecule has 0 aliphatic carbocycles. The number of carbonyl (C=O) groups is 1. The van der Waals surface area contributed by atoms with Gasteiger partial charge < -0.3 is 15.0 Å². The van der Waals surface area contributed by atoms with Gasteiger partial charge in [0.25, 0.3) is 0 Å². The first-order chi connectivity index (χ1) is 6.74. The minimum Gasteiger partial charge on any atom is -0.450 e. The fourth-order valence-corrected chi connectivity index (χ4v) is 2.61. The van der Waals surface area contributed by atoms with Gasteiger partial charge >= 0.3 is 6.09 Å². The first-order valence-corrected chi connectivity index (χ1v) is 5.40. The van der Waals surface area contributed by atoms with Crippen LogP contribution in [0.25, 0.3) is 0 Å². The molecule has 4 nitrogen and oxygen atoms in total. The van der Waals surface area contributed by atoms with Crippen molar-refractivity contribution in [3.63, 3.8) is 0 Å². The van der Waals surface area contributed by atoms with E-state index in [1.54, 1.807) is 0 Å². The van der Waals surface area contributed by atoms with E-state index in [2.05, 4.69) is 12.2 Å². The lowest BCUT2D eigenvalue weighted by Gasteiger charge is -2.23. The van der Waals surface area contributed by atoms with Gasteiger partial charge in [0.1, 0.15) is 0 Å². The summed E-state index contributed by atoms with van der Waals surface area (Å²) in [6.07, 6.45) is 1.03. The van der Waals surface area contributed by atoms with Gasteiger partial charge in [0.15, 0.2) is 0 Å². The maximum Gasteiger partial charge on any atom is 0.410 e. The van der Waals surface area contributed by atoms with Crippen LogP contribution < -0.4 is 5.32 Å². The lowest BCUT2D eigenvalue weighted by molar-refractivity contribution is 0.102. The highest BCUT2D eigenvalue weighted by atomic mass is 16.6. The Kier molecular flexibility index (Phi) is 2.63. The molecule has 2 heterocycles. The van der Waals surface area contributed by atoms with Crippen LogP contribution >= 0.6 is 0 Å². The Bertz CT molecular complexity index is 232. The second-order valence-electron chi connectivity index (χ2n) is 4.12. The molecular formula is C10H18N2O2. The van der Waals surface area contributed by atoms with Crippen molar-refractivity contribution in [1.29, 1.82) is 0 Å². The molecule has 0 aromatic heterocycles. The molecule has 0 saturated carbocycles. The summed E-state index contributed by atoms with van der Waals surface area (Å²) < 4.78 is 5.02. The smallest absolute Gasteiger partial charge is 0.410 e. The maximum atomic E-state index is 11.6. The molecule has 2 saturated heterocycles. The first-order valence-electron chi connectivity index (χ1n) is 5.40. The van der Waals surface area contributed by atoms with E-state index in [0.29, 0.717) is 18.6 Å². The van der Waals surface area contributed by atoms with E-state index in [4.69, 9.17) is 4.74 Å². The third-order valence-corrected chi connectivity index (χ3v) is 3.35. The summed E-state index contributed by atoms with van der Waals surface area (Å²) in [5.41, 5.74) is 0. The Balaban J connectivity index is 1.99. The van der Waals surface area contributed by atoms with Crippen molar-refractivity contribution in [3.8, 4) is 0 Å². The number of ether oxygens (including phenoxy) is 1. The van der Waals surface area contributed by atoms with Gasteiger partial charge in [0.2, 0.25) is 0 Å². The van der Waals surface area contributed by atoms with Crippen molar-refractivity contribution in [2.45, 2.75) is 32.4 Å². The van der Waals surface area contributed by atoms with E-state index in [1.165, 1.54) is 6.42 Å². The van der Waals surface area contributed by atoms with Crippen molar-refractivity contribution in [2.24, 2.45) is 5.92 Å². The second kappa shape index (κ2) is 3.77. The van der Waals surface area contributed by atoms with Gasteiger partial charge in [-0.1, -0.05) is 0 Å². The highest BCUT2D eigenvalue weighted by Gasteiger charge is 2.44. The van der Waals surface area contributed by atoms with Gasteiger partial charge in [0, 0.05) is 18.6 Å². The van der Waals surface area contributed by atoms with Crippen LogP contribution in [0.4, 0.5) is 4.79 Å². The third kappa shape index (κ3) is 1.47. The number of amides is 1. The van der Waals surface area contributed by atoms with Crippen molar-refractivity contribution in [2.75, 3.05) is 19.7 Å². The van der Waals surface area contributed by atoms with Crippen molar-refractivity contribution >= 4 is 6.09 Å². The Labute approximate surface area is 84.6 Å². The van der Waals surface area contributed by atoms with Crippen LogP contribution in [0.2, 0.25) is 0 Å². The molecule has 80 valence electrons. The summed E-state index contributed by atoms with van der Waals surface area (Å²) >= 11 is 0. The molecule has 1 amide bonds. The summed E-state index contributed by atoms with van der Waals surface area (Å²) in [5.74, 6) is 0.634. The normalized spacial score (nSPS) is 35.9. The number of likely N-dealkylation sites (tertiary alicyclic amines) is 1. The predicted octanol–water partition coefficient (Wildman–Crippen LogP) is 0.825. The standard InChI is InChI=1S/C10H18N2O2/c1-3-14-10(13)12-6-8-4-5-11-9(8)7(12)2/h7-9,11H,3-6H2,1-2H3. The van der Waals surface area contributed by atoms with Crippen LogP contribution in [-0.4, -0.2) is 42.8 Å². The SMILES string of the molecule is CCOC(=O)N1CC2CCNC2C1C. The molecule has 0 bridgehead atoms. The average molecular weight is 198 g/mol. The van der Waals surface area contributed by atoms with Crippen LogP contribution in [0.5, 0.6) is 0 Å². The van der Waals surface area contributed by atoms with Crippen molar-refractivity contribution in [3.05, 3.63) is 0 Å². The first kappa shape index (κ1) is 9.77. The molecule has 1 N–H and O–H groups in total. The monoisotopic (exact) mass is 198 g/mol. The van der Waals surface area contributed by atoms with Gasteiger partial charge in [-0.15, -0.1) is 0 Å². The average Bonchev–Trinajstić information content (AvgIpc) is 2.69. The minimum absolute atomic E-state index is 0.156. The molecule has 3 atom stereocenters. The lowest BCUT2D eigenvalue weighted by Crippen LogP contribution is -2.42. The van der Waals surface area contributed by atoms with Crippen LogP contribution in [0.15, 0.2) is 0 Å². The largest absolute Gasteiger partial charge is 0.450 e. The summed E-state index contributed by atoms with van der Waals surface area (Å²) in [6.45, 7) is 6.36. The van der Waals surface area contributed by atoms with Crippen LogP contribution in [0, 0.1) is 5.92 Å². The van der Waals surface area contributed by atoms with E-state index in [0.717, 1.165) is 13.1 Å². The van der Waals surface area contributed by atoms with Gasteiger partial charge in [-0.25, -0.2) is 4.79 Å². The summed E-state index contributed by atoms with van der Waals surface area (Å²) in [5, 5.41) is 3.45. The molecule has 0 radical (unpaired) electrons. The van der Waals surface area contributed by atoms with Crippen LogP contribution in [-0.2, 0) is 4.74 Å². The van der Waals surface area contributed by atoms with Gasteiger partial charge in [-0.2, -0.15) is 0 Å². The van der Waals surface area contributed by atoms with Crippen LogP contribution in [0.3, 0.4) is 0 Å². The zero-order chi connectivity index (χ0) is 10.1. The van der Waals surface area contributed by atoms with E-state index >= 15 is 0 Å². The minimum atomic E-state index is -0.156. The molecule has 0 spiro atoms. The molecule has 2 aliphatic heterocycles. The fraction of sp³-hybridized carbons (Fsp3) is 0.900. The zero-order valence-electron chi connectivity index (χ0n) is 8.82.